The van der Waals surface area contributed by atoms with E-state index in [0.717, 1.165) is 17.7 Å². The quantitative estimate of drug-likeness (QED) is 0.677. The van der Waals surface area contributed by atoms with E-state index in [1.54, 1.807) is 9.58 Å². The Bertz CT molecular complexity index is 966. The van der Waals surface area contributed by atoms with Gasteiger partial charge in [-0.1, -0.05) is 48.5 Å². The summed E-state index contributed by atoms with van der Waals surface area (Å²) in [6, 6.07) is 21.0. The maximum atomic E-state index is 13.0. The lowest BCUT2D eigenvalue weighted by Crippen LogP contribution is -2.37. The van der Waals surface area contributed by atoms with Crippen LogP contribution in [0, 0.1) is 6.92 Å². The molecule has 0 radical (unpaired) electrons. The zero-order valence-electron chi connectivity index (χ0n) is 15.6. The van der Waals surface area contributed by atoms with Gasteiger partial charge in [0.25, 0.3) is 5.91 Å². The number of benzene rings is 2. The fourth-order valence-corrected chi connectivity index (χ4v) is 2.99. The van der Waals surface area contributed by atoms with Crippen molar-refractivity contribution >= 4 is 5.91 Å². The first-order valence-corrected chi connectivity index (χ1v) is 9.09. The molecule has 1 heterocycles. The maximum absolute atomic E-state index is 13.0. The van der Waals surface area contributed by atoms with Crippen LogP contribution in [-0.2, 0) is 6.42 Å². The lowest BCUT2D eigenvalue weighted by Gasteiger charge is -2.21. The van der Waals surface area contributed by atoms with E-state index in [-0.39, 0.29) is 17.0 Å². The first-order chi connectivity index (χ1) is 13.1. The first-order valence-electron chi connectivity index (χ1n) is 9.09. The van der Waals surface area contributed by atoms with E-state index in [1.807, 2.05) is 74.5 Å². The van der Waals surface area contributed by atoms with Gasteiger partial charge in [-0.15, -0.1) is 0 Å². The normalized spacial score (nSPS) is 10.6. The topological polar surface area (TPSA) is 55.2 Å². The Kier molecular flexibility index (Phi) is 5.81. The molecule has 0 unspecified atom stereocenters. The minimum Gasteiger partial charge on any atom is -0.337 e. The summed E-state index contributed by atoms with van der Waals surface area (Å²) in [5.41, 5.74) is 2.27. The fraction of sp³-hybridized carbons (Fsp3) is 0.227. The molecule has 0 aliphatic carbocycles. The van der Waals surface area contributed by atoms with Crippen molar-refractivity contribution in [1.29, 1.82) is 0 Å². The minimum atomic E-state index is -0.345. The largest absolute Gasteiger partial charge is 0.337 e. The molecule has 1 amide bonds. The second-order valence-electron chi connectivity index (χ2n) is 6.37. The van der Waals surface area contributed by atoms with Crippen molar-refractivity contribution < 1.29 is 4.79 Å². The van der Waals surface area contributed by atoms with Crippen LogP contribution >= 0.6 is 0 Å². The molecule has 0 saturated heterocycles. The first kappa shape index (κ1) is 18.6. The number of aromatic nitrogens is 2. The molecule has 27 heavy (non-hydrogen) atoms. The Hall–Kier alpha value is -3.21. The van der Waals surface area contributed by atoms with E-state index in [1.165, 1.54) is 6.07 Å². The van der Waals surface area contributed by atoms with Crippen LogP contribution in [0.2, 0.25) is 0 Å². The molecule has 0 N–H and O–H groups in total. The van der Waals surface area contributed by atoms with E-state index in [0.29, 0.717) is 18.8 Å². The molecule has 0 fully saturated rings. The van der Waals surface area contributed by atoms with Crippen LogP contribution in [0.5, 0.6) is 0 Å². The number of hydrogen-bond donors (Lipinski definition) is 0. The summed E-state index contributed by atoms with van der Waals surface area (Å²) >= 11 is 0. The van der Waals surface area contributed by atoms with Gasteiger partial charge in [-0.3, -0.25) is 9.59 Å². The van der Waals surface area contributed by atoms with Crippen LogP contribution in [-0.4, -0.2) is 33.7 Å². The molecule has 3 aromatic rings. The van der Waals surface area contributed by atoms with Gasteiger partial charge in [0.05, 0.1) is 5.69 Å². The molecule has 0 atom stereocenters. The number of para-hydroxylation sites is 1. The molecule has 0 aliphatic rings. The highest BCUT2D eigenvalue weighted by Crippen LogP contribution is 2.09. The summed E-state index contributed by atoms with van der Waals surface area (Å²) in [7, 11) is 0. The minimum absolute atomic E-state index is 0.0423. The number of hydrogen-bond acceptors (Lipinski definition) is 3. The summed E-state index contributed by atoms with van der Waals surface area (Å²) < 4.78 is 1.64. The SMILES string of the molecule is CCN(CCc1ccccc1)C(=O)c1nn(-c2ccccc2)c(C)cc1=O. The van der Waals surface area contributed by atoms with Gasteiger partial charge in [-0.05, 0) is 38.0 Å². The monoisotopic (exact) mass is 361 g/mol. The number of rotatable bonds is 6. The van der Waals surface area contributed by atoms with E-state index in [9.17, 15) is 9.59 Å². The molecule has 0 spiro atoms. The van der Waals surface area contributed by atoms with E-state index < -0.39 is 0 Å². The summed E-state index contributed by atoms with van der Waals surface area (Å²) in [6.07, 6.45) is 0.735. The zero-order valence-corrected chi connectivity index (χ0v) is 15.6. The molecule has 5 heteroatoms. The van der Waals surface area contributed by atoms with E-state index >= 15 is 0 Å². The Labute approximate surface area is 158 Å². The highest BCUT2D eigenvalue weighted by Gasteiger charge is 2.20. The molecule has 0 bridgehead atoms. The molecule has 3 rings (SSSR count). The van der Waals surface area contributed by atoms with Gasteiger partial charge in [0.15, 0.2) is 5.69 Å². The number of carbonyl (C=O) groups is 1. The lowest BCUT2D eigenvalue weighted by atomic mass is 10.1. The number of aryl methyl sites for hydroxylation is 1. The predicted octanol–water partition coefficient (Wildman–Crippen LogP) is 3.25. The Morgan fingerprint density at radius 2 is 1.67 bits per heavy atom. The summed E-state index contributed by atoms with van der Waals surface area (Å²) in [5, 5.41) is 4.38. The Morgan fingerprint density at radius 1 is 1.04 bits per heavy atom. The number of amides is 1. The van der Waals surface area contributed by atoms with E-state index in [4.69, 9.17) is 0 Å². The van der Waals surface area contributed by atoms with Gasteiger partial charge in [-0.25, -0.2) is 4.68 Å². The highest BCUT2D eigenvalue weighted by atomic mass is 16.2. The Balaban J connectivity index is 1.87. The highest BCUT2D eigenvalue weighted by molar-refractivity contribution is 5.92. The fourth-order valence-electron chi connectivity index (χ4n) is 2.99. The molecule has 5 nitrogen and oxygen atoms in total. The van der Waals surface area contributed by atoms with Crippen LogP contribution in [0.1, 0.15) is 28.7 Å². The van der Waals surface area contributed by atoms with Crippen molar-refractivity contribution in [2.24, 2.45) is 0 Å². The standard InChI is InChI=1S/C22H23N3O2/c1-3-24(15-14-18-10-6-4-7-11-18)22(27)21-20(26)16-17(2)25(23-21)19-12-8-5-9-13-19/h4-13,16H,3,14-15H2,1-2H3. The van der Waals surface area contributed by atoms with Crippen molar-refractivity contribution in [3.05, 3.63) is 93.9 Å². The molecule has 0 aliphatic heterocycles. The molecule has 0 saturated carbocycles. The third kappa shape index (κ3) is 4.31. The number of nitrogens with zero attached hydrogens (tertiary/aromatic N) is 3. The molecular formula is C22H23N3O2. The number of carbonyl (C=O) groups excluding carboxylic acids is 1. The van der Waals surface area contributed by atoms with Crippen molar-refractivity contribution in [3.8, 4) is 5.69 Å². The summed E-state index contributed by atoms with van der Waals surface area (Å²) in [5.74, 6) is -0.330. The van der Waals surface area contributed by atoms with Crippen LogP contribution in [0.25, 0.3) is 5.69 Å². The van der Waals surface area contributed by atoms with E-state index in [2.05, 4.69) is 5.10 Å². The van der Waals surface area contributed by atoms with Gasteiger partial charge in [0.1, 0.15) is 0 Å². The lowest BCUT2D eigenvalue weighted by molar-refractivity contribution is 0.0757. The van der Waals surface area contributed by atoms with Gasteiger partial charge in [-0.2, -0.15) is 5.10 Å². The molecular weight excluding hydrogens is 338 g/mol. The van der Waals surface area contributed by atoms with Crippen molar-refractivity contribution in [2.45, 2.75) is 20.3 Å². The van der Waals surface area contributed by atoms with Gasteiger partial charge < -0.3 is 4.90 Å². The third-order valence-electron chi connectivity index (χ3n) is 4.49. The van der Waals surface area contributed by atoms with Gasteiger partial charge in [0.2, 0.25) is 5.43 Å². The average molecular weight is 361 g/mol. The van der Waals surface area contributed by atoms with Crippen LogP contribution < -0.4 is 5.43 Å². The smallest absolute Gasteiger partial charge is 0.278 e. The second-order valence-corrected chi connectivity index (χ2v) is 6.37. The predicted molar refractivity (Wildman–Crippen MR) is 106 cm³/mol. The second kappa shape index (κ2) is 8.45. The van der Waals surface area contributed by atoms with Crippen molar-refractivity contribution in [1.82, 2.24) is 14.7 Å². The summed E-state index contributed by atoms with van der Waals surface area (Å²) in [6.45, 7) is 4.78. The zero-order chi connectivity index (χ0) is 19.2. The van der Waals surface area contributed by atoms with Gasteiger partial charge in [0, 0.05) is 24.8 Å². The molecule has 1 aromatic heterocycles. The summed E-state index contributed by atoms with van der Waals surface area (Å²) in [4.78, 5) is 27.1. The van der Waals surface area contributed by atoms with Gasteiger partial charge >= 0.3 is 0 Å². The van der Waals surface area contributed by atoms with Crippen LogP contribution in [0.15, 0.2) is 71.5 Å². The maximum Gasteiger partial charge on any atom is 0.278 e. The van der Waals surface area contributed by atoms with Crippen LogP contribution in [0.3, 0.4) is 0 Å². The molecule has 2 aromatic carbocycles. The Morgan fingerprint density at radius 3 is 2.30 bits per heavy atom. The molecule has 138 valence electrons. The van der Waals surface area contributed by atoms with Crippen LogP contribution in [0.4, 0.5) is 0 Å². The average Bonchev–Trinajstić information content (AvgIpc) is 2.70. The van der Waals surface area contributed by atoms with Crippen molar-refractivity contribution in [2.75, 3.05) is 13.1 Å². The number of likely N-dealkylation sites (N-methyl/N-ethyl adjacent to an activating group) is 1. The van der Waals surface area contributed by atoms with Crippen molar-refractivity contribution in [3.63, 3.8) is 0 Å². The third-order valence-corrected chi connectivity index (χ3v) is 4.49.